The second kappa shape index (κ2) is 8.77. The molecule has 146 valence electrons. The topological polar surface area (TPSA) is 50.8 Å². The molecule has 1 aliphatic carbocycles. The molecule has 1 heterocycles. The van der Waals surface area contributed by atoms with Crippen LogP contribution < -0.4 is 5.73 Å². The summed E-state index contributed by atoms with van der Waals surface area (Å²) >= 11 is 0. The second-order valence-electron chi connectivity index (χ2n) is 6.84. The van der Waals surface area contributed by atoms with Crippen molar-refractivity contribution in [2.75, 3.05) is 32.8 Å². The van der Waals surface area contributed by atoms with Gasteiger partial charge in [0.15, 0.2) is 5.96 Å². The van der Waals surface area contributed by atoms with Crippen molar-refractivity contribution >= 4 is 29.9 Å². The molecule has 26 heavy (non-hydrogen) atoms. The fraction of sp³-hybridized carbons (Fsp3) is 0.611. The largest absolute Gasteiger partial charge is 0.416 e. The average Bonchev–Trinajstić information content (AvgIpc) is 3.10. The smallest absolute Gasteiger partial charge is 0.378 e. The highest BCUT2D eigenvalue weighted by atomic mass is 127. The number of rotatable bonds is 3. The lowest BCUT2D eigenvalue weighted by Gasteiger charge is -2.31. The highest BCUT2D eigenvalue weighted by molar-refractivity contribution is 14.0. The van der Waals surface area contributed by atoms with Crippen LogP contribution in [0.4, 0.5) is 13.2 Å². The zero-order valence-electron chi connectivity index (χ0n) is 14.6. The van der Waals surface area contributed by atoms with Crippen molar-refractivity contribution in [3.05, 3.63) is 35.4 Å². The fourth-order valence-corrected chi connectivity index (χ4v) is 3.74. The van der Waals surface area contributed by atoms with E-state index in [-0.39, 0.29) is 29.4 Å². The molecule has 0 amide bonds. The third-order valence-corrected chi connectivity index (χ3v) is 5.24. The summed E-state index contributed by atoms with van der Waals surface area (Å²) in [5, 5.41) is 0. The molecule has 1 aliphatic heterocycles. The van der Waals surface area contributed by atoms with E-state index in [9.17, 15) is 13.2 Å². The summed E-state index contributed by atoms with van der Waals surface area (Å²) in [5.41, 5.74) is 5.88. The quantitative estimate of drug-likeness (QED) is 0.405. The van der Waals surface area contributed by atoms with Gasteiger partial charge in [0.25, 0.3) is 0 Å². The van der Waals surface area contributed by atoms with Crippen LogP contribution in [-0.2, 0) is 16.3 Å². The van der Waals surface area contributed by atoms with Gasteiger partial charge in [0.1, 0.15) is 0 Å². The number of benzene rings is 1. The van der Waals surface area contributed by atoms with Crippen LogP contribution in [0, 0.1) is 0 Å². The van der Waals surface area contributed by atoms with Gasteiger partial charge in [-0.15, -0.1) is 24.0 Å². The zero-order valence-corrected chi connectivity index (χ0v) is 16.9. The van der Waals surface area contributed by atoms with Crippen molar-refractivity contribution in [2.45, 2.75) is 37.3 Å². The van der Waals surface area contributed by atoms with Crippen molar-refractivity contribution in [1.82, 2.24) is 4.90 Å². The predicted molar refractivity (Wildman–Crippen MR) is 106 cm³/mol. The molecular formula is C18H25F3IN3O. The lowest BCUT2D eigenvalue weighted by atomic mass is 9.78. The third-order valence-electron chi connectivity index (χ3n) is 5.24. The molecule has 4 nitrogen and oxygen atoms in total. The van der Waals surface area contributed by atoms with Gasteiger partial charge >= 0.3 is 6.18 Å². The number of ether oxygens (including phenoxy) is 1. The molecule has 0 radical (unpaired) electrons. The second-order valence-corrected chi connectivity index (χ2v) is 6.84. The van der Waals surface area contributed by atoms with Crippen LogP contribution in [0.3, 0.4) is 0 Å². The SMILES string of the molecule is I.NC(=NCC1(c2cccc(C(F)(F)F)c2)CCCC1)N1CCOCC1. The molecule has 1 aromatic rings. The van der Waals surface area contributed by atoms with Crippen LogP contribution in [0.5, 0.6) is 0 Å². The summed E-state index contributed by atoms with van der Waals surface area (Å²) in [6.45, 7) is 3.07. The highest BCUT2D eigenvalue weighted by Crippen LogP contribution is 2.43. The maximum absolute atomic E-state index is 13.1. The Morgan fingerprint density at radius 1 is 1.19 bits per heavy atom. The first kappa shape index (κ1) is 21.3. The highest BCUT2D eigenvalue weighted by Gasteiger charge is 2.38. The standard InChI is InChI=1S/C18H24F3N3O.HI/c19-18(20,21)15-5-3-4-14(12-15)17(6-1-2-7-17)13-23-16(22)24-8-10-25-11-9-24;/h3-5,12H,1-2,6-11,13H2,(H2,22,23);1H. The predicted octanol–water partition coefficient (Wildman–Crippen LogP) is 3.78. The Labute approximate surface area is 169 Å². The van der Waals surface area contributed by atoms with E-state index < -0.39 is 11.7 Å². The minimum atomic E-state index is -4.33. The van der Waals surface area contributed by atoms with E-state index >= 15 is 0 Å². The molecule has 0 aromatic heterocycles. The Morgan fingerprint density at radius 2 is 1.85 bits per heavy atom. The van der Waals surface area contributed by atoms with Crippen LogP contribution >= 0.6 is 24.0 Å². The normalized spacial score (nSPS) is 20.7. The maximum atomic E-state index is 13.1. The fourth-order valence-electron chi connectivity index (χ4n) is 3.74. The zero-order chi connectivity index (χ0) is 17.9. The van der Waals surface area contributed by atoms with Gasteiger partial charge in [-0.1, -0.05) is 31.0 Å². The Bertz CT molecular complexity index is 624. The number of nitrogens with two attached hydrogens (primary N) is 1. The molecule has 2 aliphatic rings. The molecule has 8 heteroatoms. The van der Waals surface area contributed by atoms with Crippen molar-refractivity contribution in [2.24, 2.45) is 10.7 Å². The van der Waals surface area contributed by atoms with Gasteiger partial charge in [-0.25, -0.2) is 0 Å². The molecule has 1 saturated heterocycles. The molecule has 0 spiro atoms. The van der Waals surface area contributed by atoms with Gasteiger partial charge in [-0.3, -0.25) is 4.99 Å². The number of halogens is 4. The minimum absolute atomic E-state index is 0. The molecule has 2 N–H and O–H groups in total. The van der Waals surface area contributed by atoms with E-state index in [4.69, 9.17) is 10.5 Å². The van der Waals surface area contributed by atoms with Gasteiger partial charge in [-0.05, 0) is 24.5 Å². The van der Waals surface area contributed by atoms with Crippen LogP contribution in [0.15, 0.2) is 29.3 Å². The Kier molecular flexibility index (Phi) is 7.18. The third kappa shape index (κ3) is 4.82. The number of hydrogen-bond donors (Lipinski definition) is 1. The van der Waals surface area contributed by atoms with Crippen LogP contribution in [0.2, 0.25) is 0 Å². The van der Waals surface area contributed by atoms with E-state index in [2.05, 4.69) is 4.99 Å². The van der Waals surface area contributed by atoms with E-state index in [0.29, 0.717) is 38.8 Å². The van der Waals surface area contributed by atoms with Gasteiger partial charge in [-0.2, -0.15) is 13.2 Å². The van der Waals surface area contributed by atoms with E-state index in [0.717, 1.165) is 37.3 Å². The monoisotopic (exact) mass is 483 g/mol. The Hall–Kier alpha value is -1.03. The summed E-state index contributed by atoms with van der Waals surface area (Å²) in [6.07, 6.45) is -0.638. The Morgan fingerprint density at radius 3 is 2.46 bits per heavy atom. The van der Waals surface area contributed by atoms with Crippen LogP contribution in [0.25, 0.3) is 0 Å². The molecule has 0 atom stereocenters. The number of aliphatic imine (C=N–C) groups is 1. The summed E-state index contributed by atoms with van der Waals surface area (Å²) in [5.74, 6) is 0.460. The molecule has 1 saturated carbocycles. The van der Waals surface area contributed by atoms with Crippen molar-refractivity contribution in [3.8, 4) is 0 Å². The summed E-state index contributed by atoms with van der Waals surface area (Å²) in [7, 11) is 0. The van der Waals surface area contributed by atoms with E-state index in [1.54, 1.807) is 6.07 Å². The first-order valence-electron chi connectivity index (χ1n) is 8.71. The van der Waals surface area contributed by atoms with Crippen LogP contribution in [0.1, 0.15) is 36.8 Å². The van der Waals surface area contributed by atoms with E-state index in [1.807, 2.05) is 4.90 Å². The summed E-state index contributed by atoms with van der Waals surface area (Å²) in [4.78, 5) is 6.52. The van der Waals surface area contributed by atoms with Gasteiger partial charge in [0.2, 0.25) is 0 Å². The lowest BCUT2D eigenvalue weighted by molar-refractivity contribution is -0.137. The number of morpholine rings is 1. The number of nitrogens with zero attached hydrogens (tertiary/aromatic N) is 2. The number of alkyl halides is 3. The van der Waals surface area contributed by atoms with Crippen LogP contribution in [-0.4, -0.2) is 43.7 Å². The minimum Gasteiger partial charge on any atom is -0.378 e. The summed E-state index contributed by atoms with van der Waals surface area (Å²) in [6, 6.07) is 5.69. The Balaban J connectivity index is 0.00000243. The molecule has 1 aromatic carbocycles. The van der Waals surface area contributed by atoms with Crippen molar-refractivity contribution in [3.63, 3.8) is 0 Å². The van der Waals surface area contributed by atoms with Crippen molar-refractivity contribution < 1.29 is 17.9 Å². The molecule has 3 rings (SSSR count). The first-order chi connectivity index (χ1) is 11.9. The van der Waals surface area contributed by atoms with E-state index in [1.165, 1.54) is 12.1 Å². The molecule has 2 fully saturated rings. The van der Waals surface area contributed by atoms with Crippen molar-refractivity contribution in [1.29, 1.82) is 0 Å². The summed E-state index contributed by atoms with van der Waals surface area (Å²) < 4.78 is 44.5. The lowest BCUT2D eigenvalue weighted by Crippen LogP contribution is -2.45. The number of hydrogen-bond acceptors (Lipinski definition) is 2. The number of guanidine groups is 1. The van der Waals surface area contributed by atoms with Gasteiger partial charge in [0.05, 0.1) is 25.3 Å². The van der Waals surface area contributed by atoms with Gasteiger partial charge in [0, 0.05) is 18.5 Å². The van der Waals surface area contributed by atoms with Gasteiger partial charge < -0.3 is 15.4 Å². The molecule has 0 bridgehead atoms. The molecular weight excluding hydrogens is 458 g/mol. The molecule has 0 unspecified atom stereocenters. The maximum Gasteiger partial charge on any atom is 0.416 e. The first-order valence-corrected chi connectivity index (χ1v) is 8.71. The average molecular weight is 483 g/mol.